The molecule has 0 fully saturated rings. The third-order valence-corrected chi connectivity index (χ3v) is 12.6. The van der Waals surface area contributed by atoms with Crippen molar-refractivity contribution in [1.82, 2.24) is 9.13 Å². The Bertz CT molecular complexity index is 3590. The van der Waals surface area contributed by atoms with E-state index in [4.69, 9.17) is 0 Å². The highest BCUT2D eigenvalue weighted by Gasteiger charge is 2.17. The van der Waals surface area contributed by atoms with Crippen molar-refractivity contribution in [2.45, 2.75) is 0 Å². The van der Waals surface area contributed by atoms with Gasteiger partial charge in [-0.2, -0.15) is 0 Å². The molecule has 0 unspecified atom stereocenters. The smallest absolute Gasteiger partial charge is 0.0541 e. The number of nitrogens with zero attached hydrogens (tertiary/aromatic N) is 2. The Morgan fingerprint density at radius 3 is 1.05 bits per heavy atom. The standard InChI is InChI=1S/C60H40N2/c1-3-14-41(15-4-1)45-18-13-19-46(38-45)42-26-32-49(33-27-42)61-57-24-11-9-22-53(57)55-39-47(30-36-59(55)61)48-31-37-60-56(40-48)54-23-10-12-25-58(54)62(60)50-34-28-44(29-35-50)52-21-8-7-20-51(52)43-16-5-2-6-17-43/h1-40H. The van der Waals surface area contributed by atoms with Crippen LogP contribution < -0.4 is 0 Å². The molecule has 12 aromatic rings. The van der Waals surface area contributed by atoms with Crippen molar-refractivity contribution in [3.05, 3.63) is 243 Å². The molecule has 2 heterocycles. The van der Waals surface area contributed by atoms with Gasteiger partial charge in [-0.3, -0.25) is 0 Å². The largest absolute Gasteiger partial charge is 0.309 e. The molecule has 0 aliphatic rings. The third kappa shape index (κ3) is 6.04. The first-order chi connectivity index (χ1) is 30.7. The van der Waals surface area contributed by atoms with Crippen LogP contribution in [-0.2, 0) is 0 Å². The van der Waals surface area contributed by atoms with Crippen molar-refractivity contribution >= 4 is 43.6 Å². The van der Waals surface area contributed by atoms with E-state index in [1.54, 1.807) is 0 Å². The maximum absolute atomic E-state index is 2.41. The molecular weight excluding hydrogens is 749 g/mol. The third-order valence-electron chi connectivity index (χ3n) is 12.6. The Labute approximate surface area is 360 Å². The average Bonchev–Trinajstić information content (AvgIpc) is 3.87. The summed E-state index contributed by atoms with van der Waals surface area (Å²) in [6, 6.07) is 88.3. The lowest BCUT2D eigenvalue weighted by Gasteiger charge is -2.12. The number of benzene rings is 10. The van der Waals surface area contributed by atoms with Crippen molar-refractivity contribution in [2.24, 2.45) is 0 Å². The summed E-state index contributed by atoms with van der Waals surface area (Å²) in [4.78, 5) is 0. The minimum Gasteiger partial charge on any atom is -0.309 e. The van der Waals surface area contributed by atoms with Crippen molar-refractivity contribution in [3.8, 4) is 67.0 Å². The van der Waals surface area contributed by atoms with E-state index in [0.717, 1.165) is 11.4 Å². The Morgan fingerprint density at radius 2 is 0.532 bits per heavy atom. The molecule has 0 aliphatic heterocycles. The second-order valence-electron chi connectivity index (χ2n) is 16.1. The van der Waals surface area contributed by atoms with Crippen LogP contribution in [0.3, 0.4) is 0 Å². The lowest BCUT2D eigenvalue weighted by molar-refractivity contribution is 1.18. The highest BCUT2D eigenvalue weighted by molar-refractivity contribution is 6.12. The number of aromatic nitrogens is 2. The number of hydrogen-bond donors (Lipinski definition) is 0. The lowest BCUT2D eigenvalue weighted by atomic mass is 9.94. The molecule has 62 heavy (non-hydrogen) atoms. The van der Waals surface area contributed by atoms with E-state index in [1.165, 1.54) is 99.2 Å². The minimum atomic E-state index is 1.15. The van der Waals surface area contributed by atoms with Gasteiger partial charge in [0, 0.05) is 32.9 Å². The molecule has 0 saturated heterocycles. The SMILES string of the molecule is c1ccc(-c2cccc(-c3ccc(-n4c5ccccc5c5cc(-c6ccc7c(c6)c6ccccc6n7-c6ccc(-c7ccccc7-c7ccccc7)cc6)ccc54)cc3)c2)cc1. The molecule has 12 rings (SSSR count). The monoisotopic (exact) mass is 788 g/mol. The van der Waals surface area contributed by atoms with Crippen molar-refractivity contribution in [1.29, 1.82) is 0 Å². The van der Waals surface area contributed by atoms with E-state index in [2.05, 4.69) is 252 Å². The number of para-hydroxylation sites is 2. The zero-order chi connectivity index (χ0) is 41.0. The van der Waals surface area contributed by atoms with Crippen LogP contribution in [0.1, 0.15) is 0 Å². The number of fused-ring (bicyclic) bond motifs is 6. The van der Waals surface area contributed by atoms with Crippen LogP contribution in [0.25, 0.3) is 111 Å². The van der Waals surface area contributed by atoms with E-state index >= 15 is 0 Å². The Hall–Kier alpha value is -8.20. The van der Waals surface area contributed by atoms with Gasteiger partial charge in [0.05, 0.1) is 22.1 Å². The Balaban J connectivity index is 0.909. The van der Waals surface area contributed by atoms with Gasteiger partial charge < -0.3 is 9.13 Å². The summed E-state index contributed by atoms with van der Waals surface area (Å²) in [5.41, 5.74) is 19.3. The molecule has 0 N–H and O–H groups in total. The molecule has 0 amide bonds. The summed E-state index contributed by atoms with van der Waals surface area (Å²) in [6.07, 6.45) is 0. The van der Waals surface area contributed by atoms with Crippen molar-refractivity contribution in [3.63, 3.8) is 0 Å². The van der Waals surface area contributed by atoms with Gasteiger partial charge in [-0.05, 0) is 122 Å². The maximum atomic E-state index is 2.41. The highest BCUT2D eigenvalue weighted by atomic mass is 15.0. The van der Waals surface area contributed by atoms with E-state index in [-0.39, 0.29) is 0 Å². The molecule has 2 aromatic heterocycles. The van der Waals surface area contributed by atoms with Gasteiger partial charge in [0.15, 0.2) is 0 Å². The summed E-state index contributed by atoms with van der Waals surface area (Å²) in [7, 11) is 0. The molecule has 0 atom stereocenters. The molecule has 10 aromatic carbocycles. The van der Waals surface area contributed by atoms with Crippen LogP contribution >= 0.6 is 0 Å². The van der Waals surface area contributed by atoms with Gasteiger partial charge in [0.2, 0.25) is 0 Å². The van der Waals surface area contributed by atoms with E-state index in [0.29, 0.717) is 0 Å². The van der Waals surface area contributed by atoms with E-state index < -0.39 is 0 Å². The summed E-state index contributed by atoms with van der Waals surface area (Å²) < 4.78 is 4.81. The fraction of sp³-hybridized carbons (Fsp3) is 0. The zero-order valence-corrected chi connectivity index (χ0v) is 34.0. The van der Waals surface area contributed by atoms with Crippen LogP contribution in [-0.4, -0.2) is 9.13 Å². The first kappa shape index (κ1) is 35.7. The highest BCUT2D eigenvalue weighted by Crippen LogP contribution is 2.40. The maximum Gasteiger partial charge on any atom is 0.0541 e. The fourth-order valence-electron chi connectivity index (χ4n) is 9.57. The zero-order valence-electron chi connectivity index (χ0n) is 34.0. The predicted octanol–water partition coefficient (Wildman–Crippen LogP) is 16.2. The van der Waals surface area contributed by atoms with E-state index in [9.17, 15) is 0 Å². The van der Waals surface area contributed by atoms with Crippen LogP contribution in [0, 0.1) is 0 Å². The van der Waals surface area contributed by atoms with Gasteiger partial charge in [-0.1, -0.05) is 176 Å². The summed E-state index contributed by atoms with van der Waals surface area (Å²) in [6.45, 7) is 0. The second-order valence-corrected chi connectivity index (χ2v) is 16.1. The molecule has 290 valence electrons. The van der Waals surface area contributed by atoms with Crippen LogP contribution in [0.4, 0.5) is 0 Å². The normalized spacial score (nSPS) is 11.5. The van der Waals surface area contributed by atoms with Gasteiger partial charge in [0.25, 0.3) is 0 Å². The molecule has 0 bridgehead atoms. The molecule has 0 spiro atoms. The lowest BCUT2D eigenvalue weighted by Crippen LogP contribution is -1.94. The molecule has 2 nitrogen and oxygen atoms in total. The predicted molar refractivity (Wildman–Crippen MR) is 262 cm³/mol. The average molecular weight is 789 g/mol. The van der Waals surface area contributed by atoms with Gasteiger partial charge >= 0.3 is 0 Å². The molecule has 2 heteroatoms. The van der Waals surface area contributed by atoms with Crippen molar-refractivity contribution < 1.29 is 0 Å². The number of rotatable bonds is 7. The number of hydrogen-bond acceptors (Lipinski definition) is 0. The Morgan fingerprint density at radius 1 is 0.194 bits per heavy atom. The summed E-state index contributed by atoms with van der Waals surface area (Å²) >= 11 is 0. The second kappa shape index (κ2) is 14.8. The molecular formula is C60H40N2. The van der Waals surface area contributed by atoms with Gasteiger partial charge in [0.1, 0.15) is 0 Å². The molecule has 0 aliphatic carbocycles. The van der Waals surface area contributed by atoms with Crippen LogP contribution in [0.2, 0.25) is 0 Å². The van der Waals surface area contributed by atoms with Crippen molar-refractivity contribution in [2.75, 3.05) is 0 Å². The van der Waals surface area contributed by atoms with Gasteiger partial charge in [-0.25, -0.2) is 0 Å². The van der Waals surface area contributed by atoms with Crippen LogP contribution in [0.5, 0.6) is 0 Å². The van der Waals surface area contributed by atoms with Gasteiger partial charge in [-0.15, -0.1) is 0 Å². The quantitative estimate of drug-likeness (QED) is 0.152. The minimum absolute atomic E-state index is 1.15. The summed E-state index contributed by atoms with van der Waals surface area (Å²) in [5.74, 6) is 0. The topological polar surface area (TPSA) is 9.86 Å². The first-order valence-electron chi connectivity index (χ1n) is 21.3. The Kier molecular flexibility index (Phi) is 8.53. The molecule has 0 radical (unpaired) electrons. The summed E-state index contributed by atoms with van der Waals surface area (Å²) in [5, 5.41) is 4.98. The van der Waals surface area contributed by atoms with E-state index in [1.807, 2.05) is 0 Å². The molecule has 0 saturated carbocycles. The first-order valence-corrected chi connectivity index (χ1v) is 21.3. The fourth-order valence-corrected chi connectivity index (χ4v) is 9.57. The van der Waals surface area contributed by atoms with Crippen LogP contribution in [0.15, 0.2) is 243 Å².